The average molecular weight is 276 g/mol. The Kier molecular flexibility index (Phi) is 4.45. The maximum Gasteiger partial charge on any atom is 0.372 e. The molecular weight excluding hydrogens is 256 g/mol. The number of ether oxygens (including phenoxy) is 1. The fourth-order valence-corrected chi connectivity index (χ4v) is 2.35. The van der Waals surface area contributed by atoms with Crippen molar-refractivity contribution in [1.29, 1.82) is 0 Å². The van der Waals surface area contributed by atoms with Gasteiger partial charge in [-0.1, -0.05) is 19.9 Å². The van der Waals surface area contributed by atoms with Crippen LogP contribution in [-0.2, 0) is 17.6 Å². The standard InChI is InChI=1S/C16H20O4/c1-10(2)8-13-12-9-11(6-7-19-3)4-5-14(12)20-15(13)16(17)18/h4-5,9-10H,6-8H2,1-3H3,(H,17,18). The third-order valence-corrected chi connectivity index (χ3v) is 3.26. The second-order valence-electron chi connectivity index (χ2n) is 5.39. The Balaban J connectivity index is 2.50. The lowest BCUT2D eigenvalue weighted by Gasteiger charge is -2.05. The molecule has 0 aliphatic heterocycles. The first-order valence-corrected chi connectivity index (χ1v) is 6.79. The predicted molar refractivity (Wildman–Crippen MR) is 77.3 cm³/mol. The van der Waals surface area contributed by atoms with Crippen LogP contribution < -0.4 is 0 Å². The van der Waals surface area contributed by atoms with E-state index in [1.165, 1.54) is 0 Å². The number of fused-ring (bicyclic) bond motifs is 1. The monoisotopic (exact) mass is 276 g/mol. The zero-order valence-corrected chi connectivity index (χ0v) is 12.1. The molecule has 0 amide bonds. The van der Waals surface area contributed by atoms with E-state index in [2.05, 4.69) is 13.8 Å². The molecule has 1 aromatic carbocycles. The molecule has 1 N–H and O–H groups in total. The minimum Gasteiger partial charge on any atom is -0.475 e. The third-order valence-electron chi connectivity index (χ3n) is 3.26. The molecule has 0 radical (unpaired) electrons. The van der Waals surface area contributed by atoms with Crippen LogP contribution in [0.2, 0.25) is 0 Å². The lowest BCUT2D eigenvalue weighted by Crippen LogP contribution is -2.02. The van der Waals surface area contributed by atoms with Crippen molar-refractivity contribution >= 4 is 16.9 Å². The highest BCUT2D eigenvalue weighted by Gasteiger charge is 2.20. The first-order chi connectivity index (χ1) is 9.52. The normalized spacial score (nSPS) is 11.4. The van der Waals surface area contributed by atoms with E-state index in [1.54, 1.807) is 7.11 Å². The molecule has 0 unspecified atom stereocenters. The second-order valence-corrected chi connectivity index (χ2v) is 5.39. The van der Waals surface area contributed by atoms with Crippen molar-refractivity contribution in [2.75, 3.05) is 13.7 Å². The summed E-state index contributed by atoms with van der Waals surface area (Å²) >= 11 is 0. The predicted octanol–water partition coefficient (Wildman–Crippen LogP) is 3.52. The highest BCUT2D eigenvalue weighted by molar-refractivity contribution is 5.95. The highest BCUT2D eigenvalue weighted by Crippen LogP contribution is 2.29. The van der Waals surface area contributed by atoms with Gasteiger partial charge in [0.2, 0.25) is 5.76 Å². The summed E-state index contributed by atoms with van der Waals surface area (Å²) in [7, 11) is 1.67. The summed E-state index contributed by atoms with van der Waals surface area (Å²) in [5.41, 5.74) is 2.56. The summed E-state index contributed by atoms with van der Waals surface area (Å²) in [6.45, 7) is 4.78. The van der Waals surface area contributed by atoms with E-state index in [-0.39, 0.29) is 5.76 Å². The van der Waals surface area contributed by atoms with Crippen LogP contribution in [0.25, 0.3) is 11.0 Å². The summed E-state index contributed by atoms with van der Waals surface area (Å²) in [4.78, 5) is 11.3. The number of hydrogen-bond acceptors (Lipinski definition) is 3. The molecule has 0 saturated heterocycles. The fraction of sp³-hybridized carbons (Fsp3) is 0.438. The maximum absolute atomic E-state index is 11.3. The smallest absolute Gasteiger partial charge is 0.372 e. The van der Waals surface area contributed by atoms with Crippen molar-refractivity contribution in [3.05, 3.63) is 35.1 Å². The Hall–Kier alpha value is -1.81. The number of benzene rings is 1. The molecule has 1 heterocycles. The second kappa shape index (κ2) is 6.09. The summed E-state index contributed by atoms with van der Waals surface area (Å²) in [5.74, 6) is -0.565. The SMILES string of the molecule is COCCc1ccc2oc(C(=O)O)c(CC(C)C)c2c1. The van der Waals surface area contributed by atoms with Gasteiger partial charge in [0, 0.05) is 18.1 Å². The van der Waals surface area contributed by atoms with Gasteiger partial charge in [0.1, 0.15) is 5.58 Å². The van der Waals surface area contributed by atoms with Gasteiger partial charge >= 0.3 is 5.97 Å². The van der Waals surface area contributed by atoms with Crippen molar-refractivity contribution < 1.29 is 19.1 Å². The quantitative estimate of drug-likeness (QED) is 0.877. The summed E-state index contributed by atoms with van der Waals surface area (Å²) in [6.07, 6.45) is 1.50. The largest absolute Gasteiger partial charge is 0.475 e. The van der Waals surface area contributed by atoms with E-state index in [0.29, 0.717) is 24.5 Å². The molecule has 0 spiro atoms. The van der Waals surface area contributed by atoms with Crippen LogP contribution in [0.5, 0.6) is 0 Å². The number of carbonyl (C=O) groups is 1. The van der Waals surface area contributed by atoms with Crippen LogP contribution in [0.3, 0.4) is 0 Å². The molecule has 20 heavy (non-hydrogen) atoms. The number of methoxy groups -OCH3 is 1. The molecule has 2 aromatic rings. The van der Waals surface area contributed by atoms with E-state index >= 15 is 0 Å². The molecule has 108 valence electrons. The Bertz CT molecular complexity index is 610. The van der Waals surface area contributed by atoms with E-state index in [4.69, 9.17) is 9.15 Å². The van der Waals surface area contributed by atoms with Crippen molar-refractivity contribution in [1.82, 2.24) is 0 Å². The number of rotatable bonds is 6. The topological polar surface area (TPSA) is 59.7 Å². The van der Waals surface area contributed by atoms with Crippen LogP contribution in [0.4, 0.5) is 0 Å². The van der Waals surface area contributed by atoms with Gasteiger partial charge in [0.25, 0.3) is 0 Å². The molecule has 4 nitrogen and oxygen atoms in total. The van der Waals surface area contributed by atoms with Gasteiger partial charge in [-0.25, -0.2) is 4.79 Å². The van der Waals surface area contributed by atoms with E-state index in [0.717, 1.165) is 22.9 Å². The molecule has 4 heteroatoms. The van der Waals surface area contributed by atoms with Crippen molar-refractivity contribution in [2.24, 2.45) is 5.92 Å². The number of carboxylic acid groups (broad SMARTS) is 1. The molecule has 0 aliphatic carbocycles. The van der Waals surface area contributed by atoms with E-state index < -0.39 is 5.97 Å². The highest BCUT2D eigenvalue weighted by atomic mass is 16.5. The van der Waals surface area contributed by atoms with Gasteiger partial charge in [0.05, 0.1) is 6.61 Å². The number of carboxylic acids is 1. The lowest BCUT2D eigenvalue weighted by molar-refractivity contribution is 0.0663. The zero-order valence-electron chi connectivity index (χ0n) is 12.1. The van der Waals surface area contributed by atoms with Gasteiger partial charge in [-0.3, -0.25) is 0 Å². The summed E-state index contributed by atoms with van der Waals surface area (Å²) < 4.78 is 10.6. The minimum absolute atomic E-state index is 0.0672. The molecule has 0 atom stereocenters. The van der Waals surface area contributed by atoms with Crippen LogP contribution >= 0.6 is 0 Å². The molecule has 2 rings (SSSR count). The van der Waals surface area contributed by atoms with Crippen molar-refractivity contribution in [3.63, 3.8) is 0 Å². The zero-order chi connectivity index (χ0) is 14.7. The molecule has 1 aromatic heterocycles. The van der Waals surface area contributed by atoms with Gasteiger partial charge in [-0.2, -0.15) is 0 Å². The van der Waals surface area contributed by atoms with Crippen LogP contribution in [0.15, 0.2) is 22.6 Å². The van der Waals surface area contributed by atoms with Gasteiger partial charge < -0.3 is 14.3 Å². The molecule has 0 fully saturated rings. The molecular formula is C16H20O4. The van der Waals surface area contributed by atoms with Crippen molar-refractivity contribution in [3.8, 4) is 0 Å². The minimum atomic E-state index is -1.00. The lowest BCUT2D eigenvalue weighted by atomic mass is 9.98. The molecule has 0 aliphatic rings. The van der Waals surface area contributed by atoms with Crippen LogP contribution in [-0.4, -0.2) is 24.8 Å². The third kappa shape index (κ3) is 3.02. The average Bonchev–Trinajstić information content (AvgIpc) is 2.74. The van der Waals surface area contributed by atoms with Crippen LogP contribution in [0, 0.1) is 5.92 Å². The number of hydrogen-bond donors (Lipinski definition) is 1. The Morgan fingerprint density at radius 1 is 1.40 bits per heavy atom. The summed E-state index contributed by atoms with van der Waals surface area (Å²) in [6, 6.07) is 5.81. The Morgan fingerprint density at radius 3 is 2.75 bits per heavy atom. The number of aromatic carboxylic acids is 1. The molecule has 0 bridgehead atoms. The van der Waals surface area contributed by atoms with Crippen LogP contribution in [0.1, 0.15) is 35.5 Å². The van der Waals surface area contributed by atoms with E-state index in [9.17, 15) is 9.90 Å². The fourth-order valence-electron chi connectivity index (χ4n) is 2.35. The molecule has 0 saturated carbocycles. The number of furan rings is 1. The Morgan fingerprint density at radius 2 is 2.15 bits per heavy atom. The van der Waals surface area contributed by atoms with Gasteiger partial charge in [-0.05, 0) is 36.5 Å². The van der Waals surface area contributed by atoms with Gasteiger partial charge in [-0.15, -0.1) is 0 Å². The summed E-state index contributed by atoms with van der Waals surface area (Å²) in [5, 5.41) is 10.2. The first-order valence-electron chi connectivity index (χ1n) is 6.79. The maximum atomic E-state index is 11.3. The first kappa shape index (κ1) is 14.6. The van der Waals surface area contributed by atoms with E-state index in [1.807, 2.05) is 18.2 Å². The van der Waals surface area contributed by atoms with Crippen molar-refractivity contribution in [2.45, 2.75) is 26.7 Å². The van der Waals surface area contributed by atoms with Gasteiger partial charge in [0.15, 0.2) is 0 Å². The Labute approximate surface area is 118 Å².